The van der Waals surface area contributed by atoms with E-state index in [2.05, 4.69) is 10.6 Å². The average Bonchev–Trinajstić information content (AvgIpc) is 2.30. The van der Waals surface area contributed by atoms with Gasteiger partial charge in [-0.1, -0.05) is 17.7 Å². The monoisotopic (exact) mass is 221 g/mol. The molecule has 0 spiro atoms. The summed E-state index contributed by atoms with van der Waals surface area (Å²) in [6, 6.07) is -0.0134. The molecule has 0 aromatic heterocycles. The van der Waals surface area contributed by atoms with Gasteiger partial charge in [0.25, 0.3) is 0 Å². The van der Waals surface area contributed by atoms with Crippen molar-refractivity contribution in [3.63, 3.8) is 0 Å². The van der Waals surface area contributed by atoms with Crippen LogP contribution in [0.2, 0.25) is 0 Å². The first-order valence-electron chi connectivity index (χ1n) is 5.30. The summed E-state index contributed by atoms with van der Waals surface area (Å²) in [6.07, 6.45) is 6.01. The minimum absolute atomic E-state index is 0.0134. The van der Waals surface area contributed by atoms with Gasteiger partial charge in [-0.25, -0.2) is 0 Å². The fourth-order valence-corrected chi connectivity index (χ4v) is 1.57. The Bertz CT molecular complexity index is 366. The molecule has 1 aliphatic rings. The van der Waals surface area contributed by atoms with Gasteiger partial charge in [0.2, 0.25) is 5.91 Å². The predicted octanol–water partition coefficient (Wildman–Crippen LogP) is 0.787. The number of carbonyl (C=O) groups is 1. The van der Waals surface area contributed by atoms with Crippen LogP contribution in [0.3, 0.4) is 0 Å². The summed E-state index contributed by atoms with van der Waals surface area (Å²) in [5.41, 5.74) is 9.01. The first-order valence-corrected chi connectivity index (χ1v) is 5.30. The first-order chi connectivity index (χ1) is 7.50. The summed E-state index contributed by atoms with van der Waals surface area (Å²) < 4.78 is 0. The van der Waals surface area contributed by atoms with Gasteiger partial charge in [0, 0.05) is 12.6 Å². The summed E-state index contributed by atoms with van der Waals surface area (Å²) in [5, 5.41) is 5.87. The largest absolute Gasteiger partial charge is 0.400 e. The molecule has 0 fully saturated rings. The minimum atomic E-state index is -0.0559. The third-order valence-electron chi connectivity index (χ3n) is 2.44. The Labute approximate surface area is 96.3 Å². The molecule has 16 heavy (non-hydrogen) atoms. The molecular formula is C12H19N3O. The molecule has 0 aliphatic heterocycles. The van der Waals surface area contributed by atoms with Crippen LogP contribution in [0.25, 0.3) is 0 Å². The number of rotatable bonds is 3. The fraction of sp³-hybridized carbons (Fsp3) is 0.417. The van der Waals surface area contributed by atoms with Crippen LogP contribution in [0.15, 0.2) is 35.1 Å². The van der Waals surface area contributed by atoms with Gasteiger partial charge >= 0.3 is 0 Å². The lowest BCUT2D eigenvalue weighted by molar-refractivity contribution is -0.119. The zero-order chi connectivity index (χ0) is 12.1. The molecule has 0 saturated heterocycles. The van der Waals surface area contributed by atoms with Crippen LogP contribution < -0.4 is 16.4 Å². The van der Waals surface area contributed by atoms with Crippen molar-refractivity contribution >= 4 is 5.91 Å². The van der Waals surface area contributed by atoms with Crippen LogP contribution in [-0.4, -0.2) is 18.6 Å². The van der Waals surface area contributed by atoms with Crippen LogP contribution in [0.4, 0.5) is 0 Å². The zero-order valence-corrected chi connectivity index (χ0v) is 10.0. The highest BCUT2D eigenvalue weighted by Gasteiger charge is 2.14. The van der Waals surface area contributed by atoms with Gasteiger partial charge in [0.05, 0.1) is 12.7 Å². The van der Waals surface area contributed by atoms with Crippen molar-refractivity contribution < 1.29 is 4.79 Å². The van der Waals surface area contributed by atoms with Crippen molar-refractivity contribution in [1.29, 1.82) is 0 Å². The Kier molecular flexibility index (Phi) is 4.31. The maximum absolute atomic E-state index is 10.7. The molecule has 1 amide bonds. The van der Waals surface area contributed by atoms with E-state index in [0.717, 1.165) is 16.8 Å². The third kappa shape index (κ3) is 3.55. The molecule has 4 N–H and O–H groups in total. The fourth-order valence-electron chi connectivity index (χ4n) is 1.57. The smallest absolute Gasteiger partial charge is 0.217 e. The topological polar surface area (TPSA) is 67.2 Å². The molecule has 1 unspecified atom stereocenters. The SMILES string of the molecule is CC(=O)NCNC1C(C)=CC=C(C)C=C1N. The van der Waals surface area contributed by atoms with Crippen molar-refractivity contribution in [2.45, 2.75) is 26.8 Å². The molecule has 1 aliphatic carbocycles. The molecule has 0 heterocycles. The van der Waals surface area contributed by atoms with Gasteiger partial charge in [-0.15, -0.1) is 0 Å². The molecule has 4 nitrogen and oxygen atoms in total. The molecular weight excluding hydrogens is 202 g/mol. The second-order valence-electron chi connectivity index (χ2n) is 4.01. The summed E-state index contributed by atoms with van der Waals surface area (Å²) in [7, 11) is 0. The maximum atomic E-state index is 10.7. The third-order valence-corrected chi connectivity index (χ3v) is 2.44. The van der Waals surface area contributed by atoms with Crippen molar-refractivity contribution in [2.24, 2.45) is 5.73 Å². The second-order valence-corrected chi connectivity index (χ2v) is 4.01. The Balaban J connectivity index is 2.65. The summed E-state index contributed by atoms with van der Waals surface area (Å²) in [6.45, 7) is 5.93. The minimum Gasteiger partial charge on any atom is -0.400 e. The van der Waals surface area contributed by atoms with E-state index in [0.29, 0.717) is 6.67 Å². The lowest BCUT2D eigenvalue weighted by Gasteiger charge is -2.19. The maximum Gasteiger partial charge on any atom is 0.217 e. The number of hydrogen-bond donors (Lipinski definition) is 3. The van der Waals surface area contributed by atoms with E-state index >= 15 is 0 Å². The Morgan fingerprint density at radius 2 is 2.12 bits per heavy atom. The molecule has 0 bridgehead atoms. The van der Waals surface area contributed by atoms with Crippen LogP contribution in [0.5, 0.6) is 0 Å². The van der Waals surface area contributed by atoms with Crippen LogP contribution >= 0.6 is 0 Å². The highest BCUT2D eigenvalue weighted by Crippen LogP contribution is 2.14. The highest BCUT2D eigenvalue weighted by atomic mass is 16.1. The summed E-state index contributed by atoms with van der Waals surface area (Å²) >= 11 is 0. The van der Waals surface area contributed by atoms with Crippen molar-refractivity contribution in [1.82, 2.24) is 10.6 Å². The van der Waals surface area contributed by atoms with Crippen molar-refractivity contribution in [2.75, 3.05) is 6.67 Å². The van der Waals surface area contributed by atoms with Crippen molar-refractivity contribution in [3.05, 3.63) is 35.1 Å². The molecule has 4 heteroatoms. The lowest BCUT2D eigenvalue weighted by Crippen LogP contribution is -2.42. The molecule has 88 valence electrons. The van der Waals surface area contributed by atoms with Gasteiger partial charge in [-0.05, 0) is 25.5 Å². The number of amides is 1. The van der Waals surface area contributed by atoms with Crippen molar-refractivity contribution in [3.8, 4) is 0 Å². The first kappa shape index (κ1) is 12.5. The number of allylic oxidation sites excluding steroid dienone is 4. The van der Waals surface area contributed by atoms with Gasteiger partial charge in [-0.2, -0.15) is 0 Å². The van der Waals surface area contributed by atoms with E-state index in [1.807, 2.05) is 32.1 Å². The van der Waals surface area contributed by atoms with Crippen LogP contribution in [0, 0.1) is 0 Å². The second kappa shape index (κ2) is 5.51. The van der Waals surface area contributed by atoms with E-state index < -0.39 is 0 Å². The molecule has 0 radical (unpaired) electrons. The quantitative estimate of drug-likeness (QED) is 0.617. The van der Waals surface area contributed by atoms with Crippen LogP contribution in [0.1, 0.15) is 20.8 Å². The number of nitrogens with two attached hydrogens (primary N) is 1. The standard InChI is InChI=1S/C12H19N3O/c1-8-4-5-9(2)12(11(13)6-8)15-7-14-10(3)16/h4-6,12,15H,7,13H2,1-3H3,(H,14,16). The van der Waals surface area contributed by atoms with E-state index in [-0.39, 0.29) is 11.9 Å². The van der Waals surface area contributed by atoms with Crippen LogP contribution in [-0.2, 0) is 4.79 Å². The van der Waals surface area contributed by atoms with E-state index in [1.54, 1.807) is 0 Å². The normalized spacial score (nSPS) is 20.4. The zero-order valence-electron chi connectivity index (χ0n) is 10.0. The van der Waals surface area contributed by atoms with E-state index in [4.69, 9.17) is 5.73 Å². The Morgan fingerprint density at radius 1 is 1.44 bits per heavy atom. The lowest BCUT2D eigenvalue weighted by atomic mass is 10.1. The molecule has 1 atom stereocenters. The molecule has 0 saturated carbocycles. The number of carbonyl (C=O) groups excluding carboxylic acids is 1. The van der Waals surface area contributed by atoms with Gasteiger partial charge < -0.3 is 11.1 Å². The van der Waals surface area contributed by atoms with E-state index in [9.17, 15) is 4.79 Å². The number of hydrogen-bond acceptors (Lipinski definition) is 3. The average molecular weight is 221 g/mol. The van der Waals surface area contributed by atoms with Gasteiger partial charge in [0.1, 0.15) is 0 Å². The summed E-state index contributed by atoms with van der Waals surface area (Å²) in [4.78, 5) is 10.7. The summed E-state index contributed by atoms with van der Waals surface area (Å²) in [5.74, 6) is -0.0559. The molecule has 0 aromatic carbocycles. The molecule has 1 rings (SSSR count). The molecule has 0 aromatic rings. The van der Waals surface area contributed by atoms with Gasteiger partial charge in [-0.3, -0.25) is 10.1 Å². The van der Waals surface area contributed by atoms with E-state index in [1.165, 1.54) is 6.92 Å². The van der Waals surface area contributed by atoms with Gasteiger partial charge in [0.15, 0.2) is 0 Å². The Hall–Kier alpha value is -1.55. The highest BCUT2D eigenvalue weighted by molar-refractivity contribution is 5.72. The number of nitrogens with one attached hydrogen (secondary N) is 2. The Morgan fingerprint density at radius 3 is 2.75 bits per heavy atom. The predicted molar refractivity (Wildman–Crippen MR) is 65.4 cm³/mol.